The van der Waals surface area contributed by atoms with E-state index < -0.39 is 5.91 Å². The minimum Gasteiger partial charge on any atom is -0.504 e. The summed E-state index contributed by atoms with van der Waals surface area (Å²) in [5.41, 5.74) is 1.58. The Balaban J connectivity index is 2.25. The highest BCUT2D eigenvalue weighted by molar-refractivity contribution is 6.06. The first kappa shape index (κ1) is 12.9. The van der Waals surface area contributed by atoms with Gasteiger partial charge in [-0.3, -0.25) is 9.78 Å². The maximum Gasteiger partial charge on any atom is 0.259 e. The summed E-state index contributed by atoms with van der Waals surface area (Å²) in [6.45, 7) is 1.83. The quantitative estimate of drug-likeness (QED) is 0.886. The normalized spacial score (nSPS) is 10.0. The number of carbonyl (C=O) groups excluding carboxylic acids is 1. The van der Waals surface area contributed by atoms with E-state index in [1.807, 2.05) is 6.92 Å². The van der Waals surface area contributed by atoms with E-state index in [4.69, 9.17) is 4.74 Å². The monoisotopic (exact) mass is 258 g/mol. The Kier molecular flexibility index (Phi) is 3.66. The van der Waals surface area contributed by atoms with Crippen LogP contribution in [0.15, 0.2) is 36.5 Å². The number of pyridine rings is 1. The topological polar surface area (TPSA) is 71.5 Å². The number of nitrogens with zero attached hydrogens (tertiary/aromatic N) is 1. The molecule has 0 bridgehead atoms. The van der Waals surface area contributed by atoms with Crippen LogP contribution in [-0.4, -0.2) is 23.1 Å². The average molecular weight is 258 g/mol. The highest BCUT2D eigenvalue weighted by Crippen LogP contribution is 2.29. The average Bonchev–Trinajstić information content (AvgIpc) is 2.39. The predicted molar refractivity (Wildman–Crippen MR) is 71.6 cm³/mol. The van der Waals surface area contributed by atoms with Crippen molar-refractivity contribution in [1.29, 1.82) is 0 Å². The van der Waals surface area contributed by atoms with Gasteiger partial charge in [-0.05, 0) is 31.2 Å². The Labute approximate surface area is 110 Å². The number of aromatic nitrogens is 1. The molecule has 19 heavy (non-hydrogen) atoms. The Morgan fingerprint density at radius 2 is 2.16 bits per heavy atom. The summed E-state index contributed by atoms with van der Waals surface area (Å²) in [5, 5.41) is 12.6. The van der Waals surface area contributed by atoms with Crippen LogP contribution >= 0.6 is 0 Å². The lowest BCUT2D eigenvalue weighted by molar-refractivity contribution is 0.102. The first-order valence-corrected chi connectivity index (χ1v) is 5.72. The smallest absolute Gasteiger partial charge is 0.259 e. The molecular formula is C14H14N2O3. The summed E-state index contributed by atoms with van der Waals surface area (Å²) in [6.07, 6.45) is 1.61. The van der Waals surface area contributed by atoms with Crippen LogP contribution in [0.1, 0.15) is 16.1 Å². The number of phenolic OH excluding ortho intramolecular Hbond substituents is 1. The minimum atomic E-state index is -0.401. The lowest BCUT2D eigenvalue weighted by Gasteiger charge is -2.09. The van der Waals surface area contributed by atoms with Gasteiger partial charge in [0.25, 0.3) is 5.91 Å². The second-order valence-electron chi connectivity index (χ2n) is 4.00. The number of amides is 1. The van der Waals surface area contributed by atoms with Crippen LogP contribution < -0.4 is 10.1 Å². The molecule has 0 saturated heterocycles. The van der Waals surface area contributed by atoms with Crippen molar-refractivity contribution in [2.45, 2.75) is 6.92 Å². The highest BCUT2D eigenvalue weighted by atomic mass is 16.5. The Morgan fingerprint density at radius 1 is 1.37 bits per heavy atom. The Morgan fingerprint density at radius 3 is 2.84 bits per heavy atom. The standard InChI is InChI=1S/C14H14N2O3/c1-9-8-10(6-7-15-9)16-14(18)11-4-3-5-12(19-2)13(11)17/h3-8,17H,1-2H3,(H,15,16,18). The van der Waals surface area contributed by atoms with E-state index >= 15 is 0 Å². The second kappa shape index (κ2) is 5.39. The fraction of sp³-hybridized carbons (Fsp3) is 0.143. The van der Waals surface area contributed by atoms with Crippen LogP contribution in [0.2, 0.25) is 0 Å². The summed E-state index contributed by atoms with van der Waals surface area (Å²) < 4.78 is 4.97. The second-order valence-corrected chi connectivity index (χ2v) is 4.00. The van der Waals surface area contributed by atoms with E-state index in [0.717, 1.165) is 5.69 Å². The van der Waals surface area contributed by atoms with Gasteiger partial charge in [-0.1, -0.05) is 6.07 Å². The number of methoxy groups -OCH3 is 1. The number of carbonyl (C=O) groups is 1. The first-order valence-electron chi connectivity index (χ1n) is 5.72. The summed E-state index contributed by atoms with van der Waals surface area (Å²) in [5.74, 6) is -0.311. The molecule has 5 nitrogen and oxygen atoms in total. The third-order valence-corrected chi connectivity index (χ3v) is 2.62. The molecule has 98 valence electrons. The predicted octanol–water partition coefficient (Wildman–Crippen LogP) is 2.36. The van der Waals surface area contributed by atoms with Crippen molar-refractivity contribution in [3.05, 3.63) is 47.8 Å². The van der Waals surface area contributed by atoms with Gasteiger partial charge >= 0.3 is 0 Å². The number of aromatic hydroxyl groups is 1. The van der Waals surface area contributed by atoms with E-state index in [-0.39, 0.29) is 17.1 Å². The first-order chi connectivity index (χ1) is 9.11. The molecule has 5 heteroatoms. The number of ether oxygens (including phenoxy) is 1. The van der Waals surface area contributed by atoms with E-state index in [2.05, 4.69) is 10.3 Å². The van der Waals surface area contributed by atoms with Crippen LogP contribution in [0.3, 0.4) is 0 Å². The molecule has 0 aliphatic heterocycles. The zero-order valence-corrected chi connectivity index (χ0v) is 10.7. The minimum absolute atomic E-state index is 0.161. The number of hydrogen-bond acceptors (Lipinski definition) is 4. The van der Waals surface area contributed by atoms with Crippen molar-refractivity contribution in [2.24, 2.45) is 0 Å². The van der Waals surface area contributed by atoms with Gasteiger partial charge in [-0.25, -0.2) is 0 Å². The molecule has 0 fully saturated rings. The van der Waals surface area contributed by atoms with Crippen molar-refractivity contribution in [3.8, 4) is 11.5 Å². The van der Waals surface area contributed by atoms with E-state index in [0.29, 0.717) is 5.69 Å². The molecule has 0 atom stereocenters. The molecule has 1 aromatic carbocycles. The van der Waals surface area contributed by atoms with Crippen molar-refractivity contribution in [1.82, 2.24) is 4.98 Å². The number of anilines is 1. The zero-order chi connectivity index (χ0) is 13.8. The number of rotatable bonds is 3. The molecule has 0 aliphatic carbocycles. The molecule has 2 aromatic rings. The zero-order valence-electron chi connectivity index (χ0n) is 10.7. The fourth-order valence-corrected chi connectivity index (χ4v) is 1.69. The van der Waals surface area contributed by atoms with Crippen molar-refractivity contribution >= 4 is 11.6 Å². The molecule has 0 unspecified atom stereocenters. The van der Waals surface area contributed by atoms with Gasteiger partial charge < -0.3 is 15.2 Å². The van der Waals surface area contributed by atoms with Gasteiger partial charge in [0.15, 0.2) is 11.5 Å². The van der Waals surface area contributed by atoms with E-state index in [1.165, 1.54) is 13.2 Å². The van der Waals surface area contributed by atoms with Crippen LogP contribution in [-0.2, 0) is 0 Å². The van der Waals surface area contributed by atoms with E-state index in [9.17, 15) is 9.90 Å². The highest BCUT2D eigenvalue weighted by Gasteiger charge is 2.14. The molecule has 0 radical (unpaired) electrons. The lowest BCUT2D eigenvalue weighted by atomic mass is 10.1. The van der Waals surface area contributed by atoms with Crippen LogP contribution in [0.4, 0.5) is 5.69 Å². The van der Waals surface area contributed by atoms with Gasteiger partial charge in [0.1, 0.15) is 0 Å². The van der Waals surface area contributed by atoms with Crippen molar-refractivity contribution in [2.75, 3.05) is 12.4 Å². The molecule has 1 aromatic heterocycles. The van der Waals surface area contributed by atoms with Crippen LogP contribution in [0.5, 0.6) is 11.5 Å². The SMILES string of the molecule is COc1cccc(C(=O)Nc2ccnc(C)c2)c1O. The van der Waals surface area contributed by atoms with Crippen LogP contribution in [0.25, 0.3) is 0 Å². The Bertz CT molecular complexity index is 611. The Hall–Kier alpha value is -2.56. The molecule has 1 amide bonds. The molecule has 0 aliphatic rings. The molecule has 2 N–H and O–H groups in total. The molecule has 0 spiro atoms. The largest absolute Gasteiger partial charge is 0.504 e. The molecule has 0 saturated carbocycles. The third kappa shape index (κ3) is 2.82. The van der Waals surface area contributed by atoms with Crippen molar-refractivity contribution in [3.63, 3.8) is 0 Å². The van der Waals surface area contributed by atoms with Gasteiger partial charge in [-0.15, -0.1) is 0 Å². The van der Waals surface area contributed by atoms with Gasteiger partial charge in [-0.2, -0.15) is 0 Å². The summed E-state index contributed by atoms with van der Waals surface area (Å²) in [4.78, 5) is 16.1. The molecule has 2 rings (SSSR count). The van der Waals surface area contributed by atoms with Gasteiger partial charge in [0.05, 0.1) is 12.7 Å². The van der Waals surface area contributed by atoms with Crippen LogP contribution in [0, 0.1) is 6.92 Å². The van der Waals surface area contributed by atoms with Crippen molar-refractivity contribution < 1.29 is 14.6 Å². The summed E-state index contributed by atoms with van der Waals surface area (Å²) in [7, 11) is 1.43. The molecular weight excluding hydrogens is 244 g/mol. The number of phenols is 1. The van der Waals surface area contributed by atoms with Gasteiger partial charge in [0.2, 0.25) is 0 Å². The maximum atomic E-state index is 12.1. The number of para-hydroxylation sites is 1. The summed E-state index contributed by atoms with van der Waals surface area (Å²) in [6, 6.07) is 8.19. The fourth-order valence-electron chi connectivity index (χ4n) is 1.69. The molecule has 1 heterocycles. The maximum absolute atomic E-state index is 12.1. The number of hydrogen-bond donors (Lipinski definition) is 2. The summed E-state index contributed by atoms with van der Waals surface area (Å²) >= 11 is 0. The number of nitrogens with one attached hydrogen (secondary N) is 1. The third-order valence-electron chi connectivity index (χ3n) is 2.62. The number of benzene rings is 1. The van der Waals surface area contributed by atoms with E-state index in [1.54, 1.807) is 30.5 Å². The number of aryl methyl sites for hydroxylation is 1. The van der Waals surface area contributed by atoms with Gasteiger partial charge in [0, 0.05) is 17.6 Å². The lowest BCUT2D eigenvalue weighted by Crippen LogP contribution is -2.12.